The van der Waals surface area contributed by atoms with Crippen molar-refractivity contribution in [2.45, 2.75) is 0 Å². The molecule has 2 aromatic carbocycles. The summed E-state index contributed by atoms with van der Waals surface area (Å²) in [5.41, 5.74) is -0.367. The van der Waals surface area contributed by atoms with Crippen molar-refractivity contribution < 1.29 is 35.4 Å². The summed E-state index contributed by atoms with van der Waals surface area (Å²) >= 11 is 0. The molecule has 0 bridgehead atoms. The van der Waals surface area contributed by atoms with Crippen molar-refractivity contribution in [2.75, 3.05) is 0 Å². The number of benzene rings is 2. The minimum absolute atomic E-state index is 0.207. The number of allylic oxidation sites excluding steroid dienone is 1. The van der Waals surface area contributed by atoms with Crippen LogP contribution in [0.3, 0.4) is 0 Å². The number of aromatic hydroxyl groups is 5. The highest BCUT2D eigenvalue weighted by Crippen LogP contribution is 2.33. The topological polar surface area (TPSA) is 138 Å². The highest BCUT2D eigenvalue weighted by atomic mass is 16.3. The zero-order valence-electron chi connectivity index (χ0n) is 11.1. The van der Waals surface area contributed by atoms with Gasteiger partial charge in [0.05, 0.1) is 0 Å². The number of aliphatic hydroxyl groups is 1. The molecule has 0 aliphatic heterocycles. The first-order valence-electron chi connectivity index (χ1n) is 6.02. The van der Waals surface area contributed by atoms with Gasteiger partial charge in [-0.15, -0.1) is 0 Å². The van der Waals surface area contributed by atoms with Gasteiger partial charge in [0.15, 0.2) is 17.3 Å². The SMILES string of the molecule is O=C(/C(O)=C/c1ccc(O)c(O)c1)c1c(O)cc(O)cc1O. The summed E-state index contributed by atoms with van der Waals surface area (Å²) in [4.78, 5) is 12.0. The maximum atomic E-state index is 12.0. The van der Waals surface area contributed by atoms with E-state index in [0.717, 1.165) is 30.3 Å². The van der Waals surface area contributed by atoms with Gasteiger partial charge in [0.25, 0.3) is 0 Å². The fraction of sp³-hybridized carbons (Fsp3) is 0. The average Bonchev–Trinajstić information content (AvgIpc) is 2.41. The largest absolute Gasteiger partial charge is 0.508 e. The predicted octanol–water partition coefficient (Wildman–Crippen LogP) is 2.00. The molecule has 0 unspecified atom stereocenters. The summed E-state index contributed by atoms with van der Waals surface area (Å²) in [6.45, 7) is 0. The highest BCUT2D eigenvalue weighted by molar-refractivity contribution is 6.12. The second-order valence-corrected chi connectivity index (χ2v) is 4.47. The number of Topliss-reactive ketones (excluding diaryl/α,β-unsaturated/α-hetero) is 1. The molecule has 0 spiro atoms. The van der Waals surface area contributed by atoms with E-state index < -0.39 is 40.1 Å². The third-order valence-corrected chi connectivity index (χ3v) is 2.84. The monoisotopic (exact) mass is 304 g/mol. The molecule has 2 aromatic rings. The van der Waals surface area contributed by atoms with Gasteiger partial charge in [-0.25, -0.2) is 0 Å². The van der Waals surface area contributed by atoms with Crippen LogP contribution in [0.2, 0.25) is 0 Å². The molecule has 0 saturated carbocycles. The predicted molar refractivity (Wildman–Crippen MR) is 76.1 cm³/mol. The van der Waals surface area contributed by atoms with Crippen molar-refractivity contribution in [3.63, 3.8) is 0 Å². The summed E-state index contributed by atoms with van der Waals surface area (Å²) in [6, 6.07) is 5.28. The molecule has 0 atom stereocenters. The molecule has 2 rings (SSSR count). The molecule has 0 amide bonds. The minimum Gasteiger partial charge on any atom is -0.508 e. The van der Waals surface area contributed by atoms with Crippen molar-refractivity contribution in [3.8, 4) is 28.7 Å². The summed E-state index contributed by atoms with van der Waals surface area (Å²) in [5.74, 6) is -4.55. The van der Waals surface area contributed by atoms with E-state index in [0.29, 0.717) is 0 Å². The number of phenols is 5. The summed E-state index contributed by atoms with van der Waals surface area (Å²) < 4.78 is 0. The van der Waals surface area contributed by atoms with Gasteiger partial charge >= 0.3 is 0 Å². The Morgan fingerprint density at radius 2 is 1.41 bits per heavy atom. The molecule has 0 saturated heterocycles. The van der Waals surface area contributed by atoms with Gasteiger partial charge in [0.1, 0.15) is 22.8 Å². The van der Waals surface area contributed by atoms with Crippen molar-refractivity contribution in [1.29, 1.82) is 0 Å². The van der Waals surface area contributed by atoms with Crippen molar-refractivity contribution in [1.82, 2.24) is 0 Å². The van der Waals surface area contributed by atoms with Crippen LogP contribution in [0.15, 0.2) is 36.1 Å². The van der Waals surface area contributed by atoms with Crippen molar-refractivity contribution >= 4 is 11.9 Å². The van der Waals surface area contributed by atoms with Crippen LogP contribution in [0.25, 0.3) is 6.08 Å². The molecule has 0 heterocycles. The molecule has 0 aliphatic carbocycles. The Labute approximate surface area is 124 Å². The molecule has 22 heavy (non-hydrogen) atoms. The number of ketones is 1. The molecular weight excluding hydrogens is 292 g/mol. The van der Waals surface area contributed by atoms with E-state index in [9.17, 15) is 35.4 Å². The number of carbonyl (C=O) groups is 1. The van der Waals surface area contributed by atoms with Crippen LogP contribution < -0.4 is 0 Å². The Morgan fingerprint density at radius 3 is 1.95 bits per heavy atom. The van der Waals surface area contributed by atoms with Gasteiger partial charge in [-0.05, 0) is 23.8 Å². The van der Waals surface area contributed by atoms with Crippen LogP contribution in [-0.4, -0.2) is 36.4 Å². The Balaban J connectivity index is 2.40. The first-order valence-corrected chi connectivity index (χ1v) is 6.02. The van der Waals surface area contributed by atoms with Gasteiger partial charge in [0, 0.05) is 12.1 Å². The number of phenolic OH excluding ortho intramolecular Hbond substituents is 5. The fourth-order valence-corrected chi connectivity index (χ4v) is 1.81. The zero-order chi connectivity index (χ0) is 16.4. The highest BCUT2D eigenvalue weighted by Gasteiger charge is 2.21. The quantitative estimate of drug-likeness (QED) is 0.221. The summed E-state index contributed by atoms with van der Waals surface area (Å²) in [5, 5.41) is 56.6. The number of rotatable bonds is 3. The van der Waals surface area contributed by atoms with Crippen LogP contribution in [0, 0.1) is 0 Å². The molecule has 0 aromatic heterocycles. The molecule has 7 nitrogen and oxygen atoms in total. The van der Waals surface area contributed by atoms with E-state index in [-0.39, 0.29) is 11.3 Å². The number of aliphatic hydroxyl groups excluding tert-OH is 1. The van der Waals surface area contributed by atoms with E-state index in [1.54, 1.807) is 0 Å². The summed E-state index contributed by atoms with van der Waals surface area (Å²) in [7, 11) is 0. The van der Waals surface area contributed by atoms with Crippen LogP contribution in [0.4, 0.5) is 0 Å². The van der Waals surface area contributed by atoms with E-state index in [1.807, 2.05) is 0 Å². The summed E-state index contributed by atoms with van der Waals surface area (Å²) in [6.07, 6.45) is 0.979. The Kier molecular flexibility index (Phi) is 3.81. The first kappa shape index (κ1) is 15.0. The lowest BCUT2D eigenvalue weighted by molar-refractivity contribution is 0.0975. The van der Waals surface area contributed by atoms with E-state index in [2.05, 4.69) is 0 Å². The third kappa shape index (κ3) is 2.88. The normalized spacial score (nSPS) is 11.4. The maximum absolute atomic E-state index is 12.0. The smallest absolute Gasteiger partial charge is 0.234 e. The van der Waals surface area contributed by atoms with Crippen LogP contribution in [0.5, 0.6) is 28.7 Å². The van der Waals surface area contributed by atoms with Crippen molar-refractivity contribution in [3.05, 3.63) is 47.2 Å². The molecule has 0 radical (unpaired) electrons. The standard InChI is InChI=1S/C15H12O7/c16-8-5-11(19)14(12(20)6-8)15(22)13(21)4-7-1-2-9(17)10(18)3-7/h1-6,16-21H/b13-4-. The minimum atomic E-state index is -1.08. The van der Waals surface area contributed by atoms with Crippen molar-refractivity contribution in [2.24, 2.45) is 0 Å². The maximum Gasteiger partial charge on any atom is 0.234 e. The van der Waals surface area contributed by atoms with E-state index in [1.165, 1.54) is 6.07 Å². The van der Waals surface area contributed by atoms with Gasteiger partial charge in [-0.3, -0.25) is 4.79 Å². The number of hydrogen-bond acceptors (Lipinski definition) is 7. The van der Waals surface area contributed by atoms with Crippen LogP contribution >= 0.6 is 0 Å². The molecule has 6 N–H and O–H groups in total. The Bertz CT molecular complexity index is 754. The van der Waals surface area contributed by atoms with Gasteiger partial charge in [-0.2, -0.15) is 0 Å². The Morgan fingerprint density at radius 1 is 0.818 bits per heavy atom. The average molecular weight is 304 g/mol. The van der Waals surface area contributed by atoms with Gasteiger partial charge in [0.2, 0.25) is 5.78 Å². The number of carbonyl (C=O) groups excluding carboxylic acids is 1. The van der Waals surface area contributed by atoms with Gasteiger partial charge < -0.3 is 30.6 Å². The Hall–Kier alpha value is -3.35. The van der Waals surface area contributed by atoms with Gasteiger partial charge in [-0.1, -0.05) is 6.07 Å². The third-order valence-electron chi connectivity index (χ3n) is 2.84. The second-order valence-electron chi connectivity index (χ2n) is 4.47. The van der Waals surface area contributed by atoms with Crippen LogP contribution in [0.1, 0.15) is 15.9 Å². The lowest BCUT2D eigenvalue weighted by Gasteiger charge is -2.07. The van der Waals surface area contributed by atoms with E-state index in [4.69, 9.17) is 0 Å². The lowest BCUT2D eigenvalue weighted by atomic mass is 10.0. The lowest BCUT2D eigenvalue weighted by Crippen LogP contribution is -2.03. The van der Waals surface area contributed by atoms with E-state index >= 15 is 0 Å². The zero-order valence-corrected chi connectivity index (χ0v) is 11.1. The molecule has 7 heteroatoms. The molecule has 114 valence electrons. The molecule has 0 fully saturated rings. The fourth-order valence-electron chi connectivity index (χ4n) is 1.81. The first-order chi connectivity index (χ1) is 10.3. The number of hydrogen-bond donors (Lipinski definition) is 6. The van der Waals surface area contributed by atoms with Crippen LogP contribution in [-0.2, 0) is 0 Å². The second kappa shape index (κ2) is 5.57. The molecule has 0 aliphatic rings. The molecular formula is C15H12O7.